The topological polar surface area (TPSA) is 61.4 Å². The highest BCUT2D eigenvalue weighted by atomic mass is 35.5. The predicted molar refractivity (Wildman–Crippen MR) is 85.5 cm³/mol. The number of carbonyl (C=O) groups is 2. The van der Waals surface area contributed by atoms with Gasteiger partial charge < -0.3 is 15.5 Å². The second-order valence-electron chi connectivity index (χ2n) is 5.93. The summed E-state index contributed by atoms with van der Waals surface area (Å²) < 4.78 is 0. The average Bonchev–Trinajstić information content (AvgIpc) is 3.10. The molecule has 0 aliphatic carbocycles. The van der Waals surface area contributed by atoms with Crippen LogP contribution in [0.2, 0.25) is 0 Å². The third-order valence-corrected chi connectivity index (χ3v) is 4.35. The minimum atomic E-state index is -0.226. The first kappa shape index (κ1) is 18.2. The molecule has 2 N–H and O–H groups in total. The number of nitrogens with one attached hydrogen (secondary N) is 2. The lowest BCUT2D eigenvalue weighted by atomic mass is 10.1. The first-order chi connectivity index (χ1) is 9.72. The molecule has 2 amide bonds. The van der Waals surface area contributed by atoms with Crippen molar-refractivity contribution >= 4 is 24.2 Å². The fourth-order valence-corrected chi connectivity index (χ4v) is 3.17. The lowest BCUT2D eigenvalue weighted by molar-refractivity contribution is -0.138. The van der Waals surface area contributed by atoms with E-state index in [-0.39, 0.29) is 30.3 Å². The fourth-order valence-electron chi connectivity index (χ4n) is 3.17. The number of nitrogens with zero attached hydrogens (tertiary/aromatic N) is 1. The van der Waals surface area contributed by atoms with Gasteiger partial charge in [-0.2, -0.15) is 0 Å². The molecule has 2 aliphatic rings. The lowest BCUT2D eigenvalue weighted by Gasteiger charge is -2.24. The number of carbonyl (C=O) groups excluding carboxylic acids is 2. The zero-order chi connectivity index (χ0) is 14.4. The van der Waals surface area contributed by atoms with Crippen molar-refractivity contribution in [1.29, 1.82) is 0 Å². The summed E-state index contributed by atoms with van der Waals surface area (Å²) in [4.78, 5) is 26.0. The number of halogens is 1. The van der Waals surface area contributed by atoms with Crippen molar-refractivity contribution in [3.8, 4) is 0 Å². The van der Waals surface area contributed by atoms with E-state index in [2.05, 4.69) is 10.6 Å². The van der Waals surface area contributed by atoms with Gasteiger partial charge in [-0.1, -0.05) is 6.92 Å². The van der Waals surface area contributed by atoms with Crippen LogP contribution < -0.4 is 10.6 Å². The van der Waals surface area contributed by atoms with E-state index in [1.165, 1.54) is 6.42 Å². The SMILES string of the molecule is CCCC(=O)N1CCCC1C(=O)NCCC1CCNC1.Cl. The monoisotopic (exact) mass is 317 g/mol. The Morgan fingerprint density at radius 3 is 2.81 bits per heavy atom. The van der Waals surface area contributed by atoms with Crippen LogP contribution in [-0.2, 0) is 9.59 Å². The van der Waals surface area contributed by atoms with Crippen molar-refractivity contribution in [3.05, 3.63) is 0 Å². The Balaban J connectivity index is 0.00000220. The van der Waals surface area contributed by atoms with Gasteiger partial charge in [0.15, 0.2) is 0 Å². The van der Waals surface area contributed by atoms with Crippen LogP contribution in [0.15, 0.2) is 0 Å². The molecule has 5 nitrogen and oxygen atoms in total. The molecule has 2 fully saturated rings. The molecule has 21 heavy (non-hydrogen) atoms. The standard InChI is InChI=1S/C15H27N3O2.ClH/c1-2-4-14(19)18-10-3-5-13(18)15(20)17-9-7-12-6-8-16-11-12;/h12-13,16H,2-11H2,1H3,(H,17,20);1H. The van der Waals surface area contributed by atoms with E-state index in [0.29, 0.717) is 12.3 Å². The highest BCUT2D eigenvalue weighted by molar-refractivity contribution is 5.88. The summed E-state index contributed by atoms with van der Waals surface area (Å²) >= 11 is 0. The smallest absolute Gasteiger partial charge is 0.242 e. The van der Waals surface area contributed by atoms with Gasteiger partial charge in [-0.05, 0) is 51.1 Å². The largest absolute Gasteiger partial charge is 0.354 e. The summed E-state index contributed by atoms with van der Waals surface area (Å²) in [7, 11) is 0. The van der Waals surface area contributed by atoms with Crippen LogP contribution in [0.5, 0.6) is 0 Å². The molecule has 2 atom stereocenters. The van der Waals surface area contributed by atoms with Crippen LogP contribution >= 0.6 is 12.4 Å². The Bertz CT molecular complexity index is 346. The predicted octanol–water partition coefficient (Wildman–Crippen LogP) is 1.32. The molecule has 0 aromatic rings. The minimum Gasteiger partial charge on any atom is -0.354 e. The molecule has 0 saturated carbocycles. The third-order valence-electron chi connectivity index (χ3n) is 4.35. The van der Waals surface area contributed by atoms with Gasteiger partial charge >= 0.3 is 0 Å². The molecule has 2 saturated heterocycles. The van der Waals surface area contributed by atoms with Crippen LogP contribution in [0.25, 0.3) is 0 Å². The van der Waals surface area contributed by atoms with Crippen LogP contribution in [0, 0.1) is 5.92 Å². The van der Waals surface area contributed by atoms with Crippen LogP contribution in [0.4, 0.5) is 0 Å². The quantitative estimate of drug-likeness (QED) is 0.776. The van der Waals surface area contributed by atoms with Gasteiger partial charge in [0, 0.05) is 19.5 Å². The summed E-state index contributed by atoms with van der Waals surface area (Å²) in [5.41, 5.74) is 0. The second kappa shape index (κ2) is 9.26. The Kier molecular flexibility index (Phi) is 8.04. The summed E-state index contributed by atoms with van der Waals surface area (Å²) in [5.74, 6) is 0.861. The Hall–Kier alpha value is -0.810. The highest BCUT2D eigenvalue weighted by Gasteiger charge is 2.33. The van der Waals surface area contributed by atoms with Crippen molar-refractivity contribution in [3.63, 3.8) is 0 Å². The van der Waals surface area contributed by atoms with Gasteiger partial charge in [-0.15, -0.1) is 12.4 Å². The van der Waals surface area contributed by atoms with Crippen LogP contribution in [-0.4, -0.2) is 48.9 Å². The first-order valence-electron chi connectivity index (χ1n) is 8.00. The van der Waals surface area contributed by atoms with Gasteiger partial charge in [-0.3, -0.25) is 9.59 Å². The molecular weight excluding hydrogens is 290 g/mol. The van der Waals surface area contributed by atoms with Gasteiger partial charge in [0.1, 0.15) is 6.04 Å². The third kappa shape index (κ3) is 5.15. The molecule has 2 heterocycles. The molecule has 2 aliphatic heterocycles. The van der Waals surface area contributed by atoms with Gasteiger partial charge in [-0.25, -0.2) is 0 Å². The van der Waals surface area contributed by atoms with Crippen molar-refractivity contribution in [1.82, 2.24) is 15.5 Å². The number of rotatable bonds is 6. The van der Waals surface area contributed by atoms with Gasteiger partial charge in [0.25, 0.3) is 0 Å². The molecule has 0 aromatic carbocycles. The molecule has 0 bridgehead atoms. The number of hydrogen-bond donors (Lipinski definition) is 2. The maximum absolute atomic E-state index is 12.2. The van der Waals surface area contributed by atoms with E-state index in [1.807, 2.05) is 6.92 Å². The van der Waals surface area contributed by atoms with E-state index in [4.69, 9.17) is 0 Å². The highest BCUT2D eigenvalue weighted by Crippen LogP contribution is 2.19. The van der Waals surface area contributed by atoms with Crippen LogP contribution in [0.1, 0.15) is 45.4 Å². The Morgan fingerprint density at radius 2 is 2.14 bits per heavy atom. The van der Waals surface area contributed by atoms with E-state index in [9.17, 15) is 9.59 Å². The number of hydrogen-bond acceptors (Lipinski definition) is 3. The molecule has 2 rings (SSSR count). The Labute approximate surface area is 133 Å². The maximum Gasteiger partial charge on any atom is 0.242 e. The molecular formula is C15H28ClN3O2. The van der Waals surface area contributed by atoms with Gasteiger partial charge in [0.2, 0.25) is 11.8 Å². The molecule has 6 heteroatoms. The Morgan fingerprint density at radius 1 is 1.33 bits per heavy atom. The summed E-state index contributed by atoms with van der Waals surface area (Å²) in [6.45, 7) is 5.64. The van der Waals surface area contributed by atoms with Crippen molar-refractivity contribution in [2.75, 3.05) is 26.2 Å². The van der Waals surface area contributed by atoms with Gasteiger partial charge in [0.05, 0.1) is 0 Å². The molecule has 0 radical (unpaired) electrons. The van der Waals surface area contributed by atoms with Crippen LogP contribution in [0.3, 0.4) is 0 Å². The molecule has 2 unspecified atom stereocenters. The lowest BCUT2D eigenvalue weighted by Crippen LogP contribution is -2.46. The number of amides is 2. The van der Waals surface area contributed by atoms with E-state index >= 15 is 0 Å². The summed E-state index contributed by atoms with van der Waals surface area (Å²) in [6.07, 6.45) is 5.40. The normalized spacial score (nSPS) is 24.7. The van der Waals surface area contributed by atoms with Crippen molar-refractivity contribution < 1.29 is 9.59 Å². The summed E-state index contributed by atoms with van der Waals surface area (Å²) in [6, 6.07) is -0.226. The zero-order valence-corrected chi connectivity index (χ0v) is 13.7. The zero-order valence-electron chi connectivity index (χ0n) is 12.9. The number of likely N-dealkylation sites (tertiary alicyclic amines) is 1. The molecule has 0 aromatic heterocycles. The molecule has 0 spiro atoms. The maximum atomic E-state index is 12.2. The first-order valence-corrected chi connectivity index (χ1v) is 8.00. The van der Waals surface area contributed by atoms with Crippen molar-refractivity contribution in [2.45, 2.75) is 51.5 Å². The summed E-state index contributed by atoms with van der Waals surface area (Å²) in [5, 5.41) is 6.35. The van der Waals surface area contributed by atoms with E-state index in [1.54, 1.807) is 4.90 Å². The van der Waals surface area contributed by atoms with E-state index in [0.717, 1.165) is 51.9 Å². The molecule has 122 valence electrons. The van der Waals surface area contributed by atoms with E-state index < -0.39 is 0 Å². The fraction of sp³-hybridized carbons (Fsp3) is 0.867. The average molecular weight is 318 g/mol. The van der Waals surface area contributed by atoms with Crippen molar-refractivity contribution in [2.24, 2.45) is 5.92 Å². The second-order valence-corrected chi connectivity index (χ2v) is 5.93. The minimum absolute atomic E-state index is 0.